The standard InChI is InChI=1S/C11H17NO2S/c1-4-9-12(3)15(13,14)11-7-5-10(2)6-8-11/h5-8H,4,9H2,1-3H3. The van der Waals surface area contributed by atoms with Crippen molar-refractivity contribution in [3.63, 3.8) is 0 Å². The Balaban J connectivity index is 3.01. The predicted octanol–water partition coefficient (Wildman–Crippen LogP) is 2.03. The van der Waals surface area contributed by atoms with Gasteiger partial charge in [0.25, 0.3) is 0 Å². The molecule has 3 nitrogen and oxygen atoms in total. The normalized spacial score (nSPS) is 12.0. The Hall–Kier alpha value is -0.870. The minimum atomic E-state index is -3.28. The molecule has 0 amide bonds. The van der Waals surface area contributed by atoms with Gasteiger partial charge in [-0.2, -0.15) is 0 Å². The second-order valence-corrected chi connectivity index (χ2v) is 5.68. The van der Waals surface area contributed by atoms with Gasteiger partial charge in [-0.25, -0.2) is 12.7 Å². The van der Waals surface area contributed by atoms with Gasteiger partial charge in [0, 0.05) is 13.6 Å². The highest BCUT2D eigenvalue weighted by Gasteiger charge is 2.19. The van der Waals surface area contributed by atoms with Gasteiger partial charge >= 0.3 is 0 Å². The van der Waals surface area contributed by atoms with E-state index in [1.54, 1.807) is 19.2 Å². The first-order chi connectivity index (χ1) is 6.98. The third-order valence-corrected chi connectivity index (χ3v) is 4.14. The van der Waals surface area contributed by atoms with Crippen molar-refractivity contribution in [3.8, 4) is 0 Å². The van der Waals surface area contributed by atoms with E-state index in [2.05, 4.69) is 0 Å². The Bertz CT molecular complexity index is 409. The number of hydrogen-bond acceptors (Lipinski definition) is 2. The number of hydrogen-bond donors (Lipinski definition) is 0. The Morgan fingerprint density at radius 3 is 2.20 bits per heavy atom. The minimum absolute atomic E-state index is 0.365. The molecule has 0 saturated carbocycles. The van der Waals surface area contributed by atoms with Crippen LogP contribution in [-0.2, 0) is 10.0 Å². The molecular weight excluding hydrogens is 210 g/mol. The molecule has 0 aliphatic carbocycles. The topological polar surface area (TPSA) is 37.4 Å². The van der Waals surface area contributed by atoms with Crippen LogP contribution in [0.5, 0.6) is 0 Å². The molecule has 0 radical (unpaired) electrons. The summed E-state index contributed by atoms with van der Waals surface area (Å²) in [6.07, 6.45) is 0.821. The highest BCUT2D eigenvalue weighted by Crippen LogP contribution is 2.14. The number of rotatable bonds is 4. The van der Waals surface area contributed by atoms with E-state index in [1.807, 2.05) is 26.0 Å². The average molecular weight is 227 g/mol. The number of sulfonamides is 1. The van der Waals surface area contributed by atoms with E-state index in [0.29, 0.717) is 11.4 Å². The first-order valence-corrected chi connectivity index (χ1v) is 6.45. The first-order valence-electron chi connectivity index (χ1n) is 5.01. The van der Waals surface area contributed by atoms with Crippen molar-refractivity contribution in [3.05, 3.63) is 29.8 Å². The van der Waals surface area contributed by atoms with Crippen molar-refractivity contribution in [2.75, 3.05) is 13.6 Å². The Morgan fingerprint density at radius 2 is 1.73 bits per heavy atom. The molecule has 1 aromatic rings. The van der Waals surface area contributed by atoms with E-state index in [0.717, 1.165) is 12.0 Å². The molecule has 0 unspecified atom stereocenters. The van der Waals surface area contributed by atoms with Gasteiger partial charge in [0.05, 0.1) is 4.90 Å². The van der Waals surface area contributed by atoms with Gasteiger partial charge in [0.2, 0.25) is 10.0 Å². The molecule has 1 aromatic carbocycles. The van der Waals surface area contributed by atoms with Crippen LogP contribution in [0, 0.1) is 6.92 Å². The fourth-order valence-corrected chi connectivity index (χ4v) is 2.59. The lowest BCUT2D eigenvalue weighted by molar-refractivity contribution is 0.468. The van der Waals surface area contributed by atoms with Crippen LogP contribution in [0.3, 0.4) is 0 Å². The maximum Gasteiger partial charge on any atom is 0.242 e. The second-order valence-electron chi connectivity index (χ2n) is 3.64. The van der Waals surface area contributed by atoms with Gasteiger partial charge in [-0.15, -0.1) is 0 Å². The molecular formula is C11H17NO2S. The number of nitrogens with zero attached hydrogens (tertiary/aromatic N) is 1. The summed E-state index contributed by atoms with van der Waals surface area (Å²) in [4.78, 5) is 0.365. The van der Waals surface area contributed by atoms with Crippen LogP contribution in [0.2, 0.25) is 0 Å². The molecule has 0 saturated heterocycles. The van der Waals surface area contributed by atoms with Crippen molar-refractivity contribution in [1.82, 2.24) is 4.31 Å². The van der Waals surface area contributed by atoms with Crippen LogP contribution < -0.4 is 0 Å². The lowest BCUT2D eigenvalue weighted by atomic mass is 10.2. The Morgan fingerprint density at radius 1 is 1.20 bits per heavy atom. The zero-order valence-corrected chi connectivity index (χ0v) is 10.2. The summed E-state index contributed by atoms with van der Waals surface area (Å²) < 4.78 is 25.3. The van der Waals surface area contributed by atoms with E-state index in [4.69, 9.17) is 0 Å². The quantitative estimate of drug-likeness (QED) is 0.789. The summed E-state index contributed by atoms with van der Waals surface area (Å²) in [6.45, 7) is 4.45. The summed E-state index contributed by atoms with van der Waals surface area (Å²) in [5.41, 5.74) is 1.06. The van der Waals surface area contributed by atoms with E-state index in [1.165, 1.54) is 4.31 Å². The predicted molar refractivity (Wildman–Crippen MR) is 61.3 cm³/mol. The molecule has 0 aliphatic rings. The van der Waals surface area contributed by atoms with Crippen LogP contribution in [0.25, 0.3) is 0 Å². The summed E-state index contributed by atoms with van der Waals surface area (Å²) in [5, 5.41) is 0. The molecule has 0 N–H and O–H groups in total. The van der Waals surface area contributed by atoms with E-state index in [-0.39, 0.29) is 0 Å². The SMILES string of the molecule is CCCN(C)S(=O)(=O)c1ccc(C)cc1. The monoisotopic (exact) mass is 227 g/mol. The maximum absolute atomic E-state index is 12.0. The van der Waals surface area contributed by atoms with Crippen molar-refractivity contribution in [2.24, 2.45) is 0 Å². The first kappa shape index (κ1) is 12.2. The average Bonchev–Trinajstić information content (AvgIpc) is 2.18. The molecule has 15 heavy (non-hydrogen) atoms. The van der Waals surface area contributed by atoms with E-state index < -0.39 is 10.0 Å². The molecule has 0 atom stereocenters. The molecule has 0 aromatic heterocycles. The Labute approximate surface area is 91.8 Å². The van der Waals surface area contributed by atoms with Gasteiger partial charge in [-0.05, 0) is 25.5 Å². The number of benzene rings is 1. The molecule has 4 heteroatoms. The lowest BCUT2D eigenvalue weighted by Crippen LogP contribution is -2.27. The number of aryl methyl sites for hydroxylation is 1. The Kier molecular flexibility index (Phi) is 3.88. The summed E-state index contributed by atoms with van der Waals surface area (Å²) >= 11 is 0. The van der Waals surface area contributed by atoms with E-state index >= 15 is 0 Å². The molecule has 0 spiro atoms. The summed E-state index contributed by atoms with van der Waals surface area (Å²) in [6, 6.07) is 6.92. The lowest BCUT2D eigenvalue weighted by Gasteiger charge is -2.16. The van der Waals surface area contributed by atoms with Crippen molar-refractivity contribution in [1.29, 1.82) is 0 Å². The van der Waals surface area contributed by atoms with Gasteiger partial charge in [-0.3, -0.25) is 0 Å². The highest BCUT2D eigenvalue weighted by molar-refractivity contribution is 7.89. The molecule has 0 heterocycles. The summed E-state index contributed by atoms with van der Waals surface area (Å²) in [5.74, 6) is 0. The summed E-state index contributed by atoms with van der Waals surface area (Å²) in [7, 11) is -1.67. The van der Waals surface area contributed by atoms with Gasteiger partial charge in [0.1, 0.15) is 0 Å². The molecule has 1 rings (SSSR count). The van der Waals surface area contributed by atoms with Crippen LogP contribution in [0.4, 0.5) is 0 Å². The maximum atomic E-state index is 12.0. The zero-order valence-electron chi connectivity index (χ0n) is 9.40. The van der Waals surface area contributed by atoms with Gasteiger partial charge < -0.3 is 0 Å². The van der Waals surface area contributed by atoms with Gasteiger partial charge in [0.15, 0.2) is 0 Å². The smallest absolute Gasteiger partial charge is 0.207 e. The third-order valence-electron chi connectivity index (χ3n) is 2.27. The highest BCUT2D eigenvalue weighted by atomic mass is 32.2. The molecule has 0 bridgehead atoms. The molecule has 0 fully saturated rings. The second kappa shape index (κ2) is 4.77. The zero-order chi connectivity index (χ0) is 11.5. The molecule has 0 aliphatic heterocycles. The van der Waals surface area contributed by atoms with Crippen LogP contribution in [-0.4, -0.2) is 26.3 Å². The fraction of sp³-hybridized carbons (Fsp3) is 0.455. The minimum Gasteiger partial charge on any atom is -0.207 e. The van der Waals surface area contributed by atoms with Crippen molar-refractivity contribution in [2.45, 2.75) is 25.2 Å². The largest absolute Gasteiger partial charge is 0.242 e. The van der Waals surface area contributed by atoms with E-state index in [9.17, 15) is 8.42 Å². The van der Waals surface area contributed by atoms with Crippen LogP contribution in [0.1, 0.15) is 18.9 Å². The van der Waals surface area contributed by atoms with Crippen molar-refractivity contribution >= 4 is 10.0 Å². The third kappa shape index (κ3) is 2.79. The van der Waals surface area contributed by atoms with Crippen molar-refractivity contribution < 1.29 is 8.42 Å². The molecule has 84 valence electrons. The van der Waals surface area contributed by atoms with Crippen LogP contribution >= 0.6 is 0 Å². The van der Waals surface area contributed by atoms with Gasteiger partial charge in [-0.1, -0.05) is 24.6 Å². The fourth-order valence-electron chi connectivity index (χ4n) is 1.33. The van der Waals surface area contributed by atoms with Crippen LogP contribution in [0.15, 0.2) is 29.2 Å².